The van der Waals surface area contributed by atoms with E-state index in [0.29, 0.717) is 0 Å². The highest BCUT2D eigenvalue weighted by Crippen LogP contribution is 2.43. The molecule has 2 atom stereocenters. The molecule has 0 aromatic carbocycles. The second kappa shape index (κ2) is 4.35. The molecule has 104 valence electrons. The van der Waals surface area contributed by atoms with Crippen LogP contribution in [0.5, 0.6) is 0 Å². The predicted octanol–water partition coefficient (Wildman–Crippen LogP) is 0.267. The van der Waals surface area contributed by atoms with E-state index in [2.05, 4.69) is 24.7 Å². The number of nitrogens with zero attached hydrogens (tertiary/aromatic N) is 9. The molecule has 12 heteroatoms. The smallest absolute Gasteiger partial charge is 0.264 e. The first kappa shape index (κ1) is 14.1. The van der Waals surface area contributed by atoms with Crippen molar-refractivity contribution in [3.8, 4) is 0 Å². The second-order valence-corrected chi connectivity index (χ2v) is 3.79. The van der Waals surface area contributed by atoms with Gasteiger partial charge in [-0.05, 0) is 0 Å². The number of amides is 5. The number of fused-ring (bicyclic) bond motifs is 1. The maximum absolute atomic E-state index is 12.2. The van der Waals surface area contributed by atoms with Crippen LogP contribution in [0.3, 0.4) is 0 Å². The average Bonchev–Trinajstić information content (AvgIpc) is 2.76. The fourth-order valence-corrected chi connectivity index (χ4v) is 2.13. The molecule has 0 aromatic rings. The number of carbonyl (C=O) groups is 3. The lowest BCUT2D eigenvalue weighted by Crippen LogP contribution is -2.70. The summed E-state index contributed by atoms with van der Waals surface area (Å²) in [4.78, 5) is 50.1. The molecule has 12 nitrogen and oxygen atoms in total. The minimum Gasteiger partial charge on any atom is -0.264 e. The van der Waals surface area contributed by atoms with E-state index < -0.39 is 29.8 Å². The van der Waals surface area contributed by atoms with Gasteiger partial charge in [-0.1, -0.05) is 0 Å². The minimum atomic E-state index is -2.64. The van der Waals surface area contributed by atoms with Crippen LogP contribution in [0.15, 0.2) is 0 Å². The summed E-state index contributed by atoms with van der Waals surface area (Å²) in [6, 6.07) is -4.76. The molecule has 2 heterocycles. The molecule has 2 saturated heterocycles. The summed E-state index contributed by atoms with van der Waals surface area (Å²) in [5.74, 6) is -3.97. The molecule has 0 aromatic heterocycles. The monoisotopic (exact) mass is 295 g/mol. The minimum absolute atomic E-state index is 0.0506. The number of hydrogen-bond acceptors (Lipinski definition) is 3. The Kier molecular flexibility index (Phi) is 2.78. The number of carbonyl (C=O) groups excluding carboxylic acids is 3. The van der Waals surface area contributed by atoms with Crippen LogP contribution in [0.2, 0.25) is 0 Å². The van der Waals surface area contributed by atoms with Crippen LogP contribution in [0, 0.1) is 32.9 Å². The summed E-state index contributed by atoms with van der Waals surface area (Å²) in [6.45, 7) is 34.9. The number of rotatable bonds is 0. The van der Waals surface area contributed by atoms with Crippen LogP contribution in [-0.2, 0) is 4.79 Å². The van der Waals surface area contributed by atoms with E-state index in [1.165, 1.54) is 0 Å². The SMILES string of the molecule is [C-]#[N+]N1C(=O)C2N([N+]#[C-])C(=O)N([N+]#[C-])C2([N+]#[C-])N([N+]#[C-])C1=O. The third-order valence-corrected chi connectivity index (χ3v) is 2.99. The van der Waals surface area contributed by atoms with E-state index in [1.54, 1.807) is 0 Å². The van der Waals surface area contributed by atoms with Crippen molar-refractivity contribution < 1.29 is 14.4 Å². The first-order chi connectivity index (χ1) is 10.5. The number of urea groups is 2. The van der Waals surface area contributed by atoms with Crippen molar-refractivity contribution in [2.75, 3.05) is 0 Å². The van der Waals surface area contributed by atoms with Gasteiger partial charge in [0.1, 0.15) is 10.0 Å². The van der Waals surface area contributed by atoms with Crippen molar-refractivity contribution in [2.24, 2.45) is 0 Å². The first-order valence-corrected chi connectivity index (χ1v) is 5.15. The molecule has 2 aliphatic heterocycles. The molecule has 2 unspecified atom stereocenters. The van der Waals surface area contributed by atoms with Crippen molar-refractivity contribution in [3.05, 3.63) is 57.5 Å². The van der Waals surface area contributed by atoms with E-state index in [0.717, 1.165) is 0 Å². The van der Waals surface area contributed by atoms with E-state index >= 15 is 0 Å². The summed E-state index contributed by atoms with van der Waals surface area (Å²) in [7, 11) is 0. The summed E-state index contributed by atoms with van der Waals surface area (Å²) in [6.07, 6.45) is 0. The maximum atomic E-state index is 12.2. The van der Waals surface area contributed by atoms with Crippen LogP contribution in [0.1, 0.15) is 0 Å². The molecule has 0 spiro atoms. The van der Waals surface area contributed by atoms with Crippen LogP contribution in [0.25, 0.3) is 24.7 Å². The Labute approximate surface area is 122 Å². The van der Waals surface area contributed by atoms with Gasteiger partial charge < -0.3 is 0 Å². The normalized spacial score (nSPS) is 26.5. The van der Waals surface area contributed by atoms with Crippen molar-refractivity contribution >= 4 is 18.0 Å². The molecule has 0 aliphatic carbocycles. The second-order valence-electron chi connectivity index (χ2n) is 3.79. The molecule has 2 rings (SSSR count). The Balaban J connectivity index is 2.85. The van der Waals surface area contributed by atoms with Crippen LogP contribution >= 0.6 is 0 Å². The van der Waals surface area contributed by atoms with Gasteiger partial charge in [0.2, 0.25) is 0 Å². The summed E-state index contributed by atoms with van der Waals surface area (Å²) >= 11 is 0. The van der Waals surface area contributed by atoms with Gasteiger partial charge in [0, 0.05) is 5.01 Å². The Bertz CT molecular complexity index is 815. The van der Waals surface area contributed by atoms with Crippen LogP contribution < -0.4 is 0 Å². The Morgan fingerprint density at radius 2 is 1.36 bits per heavy atom. The van der Waals surface area contributed by atoms with Gasteiger partial charge >= 0.3 is 29.8 Å². The lowest BCUT2D eigenvalue weighted by molar-refractivity contribution is -0.138. The zero-order valence-corrected chi connectivity index (χ0v) is 10.3. The van der Waals surface area contributed by atoms with Crippen molar-refractivity contribution in [3.63, 3.8) is 0 Å². The first-order valence-electron chi connectivity index (χ1n) is 5.15. The third-order valence-electron chi connectivity index (χ3n) is 2.99. The zero-order chi connectivity index (χ0) is 16.7. The number of imide groups is 1. The fourth-order valence-electron chi connectivity index (χ4n) is 2.13. The van der Waals surface area contributed by atoms with E-state index in [-0.39, 0.29) is 20.0 Å². The van der Waals surface area contributed by atoms with Crippen LogP contribution in [-0.4, -0.2) is 49.8 Å². The standard InChI is InChI=1S/C10HN9O3/c1-11-10-6(16(12-2)8(21)18(10)14-4)7(20)17(13-3)9(22)19(10)15-5/h6H. The molecule has 2 aliphatic rings. The van der Waals surface area contributed by atoms with Crippen molar-refractivity contribution in [2.45, 2.75) is 11.8 Å². The highest BCUT2D eigenvalue weighted by molar-refractivity contribution is 6.06. The molecule has 0 N–H and O–H groups in total. The zero-order valence-electron chi connectivity index (χ0n) is 10.3. The van der Waals surface area contributed by atoms with E-state index in [4.69, 9.17) is 32.9 Å². The van der Waals surface area contributed by atoms with Crippen LogP contribution in [0.4, 0.5) is 9.59 Å². The highest BCUT2D eigenvalue weighted by atomic mass is 16.2. The Hall–Kier alpha value is -4.34. The fraction of sp³-hybridized carbons (Fsp3) is 0.200. The van der Waals surface area contributed by atoms with Gasteiger partial charge in [0.05, 0.1) is 5.01 Å². The summed E-state index contributed by atoms with van der Waals surface area (Å²) in [5, 5.41) is 0.287. The molecule has 0 saturated carbocycles. The van der Waals surface area contributed by atoms with Crippen molar-refractivity contribution in [1.29, 1.82) is 0 Å². The largest absolute Gasteiger partial charge is 0.556 e. The molecular weight excluding hydrogens is 294 g/mol. The topological polar surface area (TPSA) is 86.0 Å². The van der Waals surface area contributed by atoms with Gasteiger partial charge in [0.25, 0.3) is 0 Å². The van der Waals surface area contributed by atoms with Gasteiger partial charge in [-0.25, -0.2) is 16.2 Å². The van der Waals surface area contributed by atoms with E-state index in [1.807, 2.05) is 0 Å². The molecule has 2 fully saturated rings. The molecule has 22 heavy (non-hydrogen) atoms. The summed E-state index contributed by atoms with van der Waals surface area (Å²) < 4.78 is 0. The van der Waals surface area contributed by atoms with Gasteiger partial charge in [-0.3, -0.25) is 9.64 Å². The van der Waals surface area contributed by atoms with Gasteiger partial charge in [-0.15, -0.1) is 14.9 Å². The highest BCUT2D eigenvalue weighted by Gasteiger charge is 2.88. The quantitative estimate of drug-likeness (QED) is 0.601. The Morgan fingerprint density at radius 3 is 1.77 bits per heavy atom. The molecule has 5 amide bonds. The predicted molar refractivity (Wildman–Crippen MR) is 62.7 cm³/mol. The third kappa shape index (κ3) is 1.21. The lowest BCUT2D eigenvalue weighted by Gasteiger charge is -2.25. The molecule has 0 radical (unpaired) electrons. The average molecular weight is 295 g/mol. The molecular formula is C10HN9O3. The molecule has 0 bridgehead atoms. The van der Waals surface area contributed by atoms with E-state index in [9.17, 15) is 14.4 Å². The lowest BCUT2D eigenvalue weighted by atomic mass is 10.1. The Morgan fingerprint density at radius 1 is 0.818 bits per heavy atom. The van der Waals surface area contributed by atoms with Gasteiger partial charge in [0.15, 0.2) is 0 Å². The van der Waals surface area contributed by atoms with Crippen molar-refractivity contribution in [1.82, 2.24) is 20.0 Å². The van der Waals surface area contributed by atoms with Gasteiger partial charge in [-0.2, -0.15) is 31.2 Å². The number of hydrogen-bond donors (Lipinski definition) is 0. The summed E-state index contributed by atoms with van der Waals surface area (Å²) in [5.41, 5.74) is 0. The maximum Gasteiger partial charge on any atom is 0.556 e.